The summed E-state index contributed by atoms with van der Waals surface area (Å²) in [6.07, 6.45) is 5.24. The van der Waals surface area contributed by atoms with Crippen LogP contribution in [0.3, 0.4) is 0 Å². The lowest BCUT2D eigenvalue weighted by molar-refractivity contribution is -0.135. The Hall–Kier alpha value is -5.66. The molecular formula is C38H46N8O6. The number of benzene rings is 2. The van der Waals surface area contributed by atoms with E-state index in [1.165, 1.54) is 14.2 Å². The molecule has 2 aromatic heterocycles. The fourth-order valence-corrected chi connectivity index (χ4v) is 7.22. The number of hydrogen-bond acceptors (Lipinski definition) is 8. The van der Waals surface area contributed by atoms with Gasteiger partial charge in [-0.2, -0.15) is 0 Å². The Morgan fingerprint density at radius 1 is 0.808 bits per heavy atom. The molecule has 14 heteroatoms. The van der Waals surface area contributed by atoms with Crippen LogP contribution in [0.1, 0.15) is 57.7 Å². The quantitative estimate of drug-likeness (QED) is 0.154. The molecular weight excluding hydrogens is 664 g/mol. The van der Waals surface area contributed by atoms with Crippen molar-refractivity contribution in [3.8, 4) is 33.6 Å². The van der Waals surface area contributed by atoms with Gasteiger partial charge in [-0.15, -0.1) is 0 Å². The highest BCUT2D eigenvalue weighted by atomic mass is 16.5. The van der Waals surface area contributed by atoms with Gasteiger partial charge in [0.05, 0.1) is 50.6 Å². The average Bonchev–Trinajstić information content (AvgIpc) is 4.00. The molecule has 6 rings (SSSR count). The van der Waals surface area contributed by atoms with Gasteiger partial charge in [0.1, 0.15) is 24.7 Å². The van der Waals surface area contributed by atoms with Gasteiger partial charge in [0.15, 0.2) is 0 Å². The minimum Gasteiger partial charge on any atom is -0.453 e. The van der Waals surface area contributed by atoms with E-state index in [0.717, 1.165) is 58.7 Å². The van der Waals surface area contributed by atoms with Gasteiger partial charge in [-0.1, -0.05) is 62.4 Å². The average molecular weight is 711 g/mol. The molecule has 14 nitrogen and oxygen atoms in total. The van der Waals surface area contributed by atoms with Crippen LogP contribution in [0, 0.1) is 11.8 Å². The van der Waals surface area contributed by atoms with Gasteiger partial charge in [0.25, 0.3) is 0 Å². The summed E-state index contributed by atoms with van der Waals surface area (Å²) in [5, 5.41) is 4.98. The van der Waals surface area contributed by atoms with Crippen molar-refractivity contribution in [2.24, 2.45) is 11.8 Å². The Morgan fingerprint density at radius 2 is 1.37 bits per heavy atom. The van der Waals surface area contributed by atoms with E-state index in [-0.39, 0.29) is 55.5 Å². The standard InChI is InChI=1S/C38H46N8O6/c1-22(2)23(3)45(33(47)19-41-37(49)51-4)21-32-39-17-30(43-32)26-10-6-24(7-11-26)25-8-12-27(13-9-25)31-18-40-36(44-31)35-28-14-15-29(16-28)46(35)34(48)20-42-38(50)52-5/h6-13,17-18,22-23,28-29,35H,14-16,19-21H2,1-5H3,(H,39,43)(H,40,44)(H,41,49)(H,42,50)/t23-,28+,29-,35+/m1/s1. The topological polar surface area (TPSA) is 175 Å². The summed E-state index contributed by atoms with van der Waals surface area (Å²) in [6, 6.07) is 16.4. The molecule has 3 heterocycles. The number of H-pyrrole nitrogens is 2. The SMILES string of the molecule is COC(=O)NCC(=O)N(Cc1ncc(-c2ccc(-c3ccc(-c4cnc([C@@H]5[C@H]6CC[C@H](C6)N5C(=O)CNC(=O)OC)[nH]4)cc3)cc2)[nH]1)[C@H](C)C(C)C. The highest BCUT2D eigenvalue weighted by molar-refractivity contribution is 5.83. The minimum atomic E-state index is -0.654. The number of methoxy groups -OCH3 is 2. The molecule has 52 heavy (non-hydrogen) atoms. The summed E-state index contributed by atoms with van der Waals surface area (Å²) in [7, 11) is 2.54. The van der Waals surface area contributed by atoms with E-state index in [4.69, 9.17) is 4.98 Å². The first-order valence-corrected chi connectivity index (χ1v) is 17.6. The van der Waals surface area contributed by atoms with Crippen LogP contribution < -0.4 is 10.6 Å². The number of nitrogens with zero attached hydrogens (tertiary/aromatic N) is 4. The van der Waals surface area contributed by atoms with Crippen molar-refractivity contribution < 1.29 is 28.7 Å². The fraction of sp³-hybridized carbons (Fsp3) is 0.421. The van der Waals surface area contributed by atoms with Crippen molar-refractivity contribution in [1.82, 2.24) is 40.4 Å². The molecule has 1 saturated carbocycles. The second-order valence-electron chi connectivity index (χ2n) is 13.7. The second kappa shape index (κ2) is 15.7. The lowest BCUT2D eigenvalue weighted by Gasteiger charge is -2.34. The van der Waals surface area contributed by atoms with E-state index in [1.807, 2.05) is 44.0 Å². The van der Waals surface area contributed by atoms with E-state index in [1.54, 1.807) is 11.1 Å². The number of alkyl carbamates (subject to hydrolysis) is 2. The van der Waals surface area contributed by atoms with Crippen LogP contribution in [0.5, 0.6) is 0 Å². The van der Waals surface area contributed by atoms with Crippen molar-refractivity contribution in [3.63, 3.8) is 0 Å². The van der Waals surface area contributed by atoms with E-state index >= 15 is 0 Å². The third-order valence-corrected chi connectivity index (χ3v) is 10.3. The summed E-state index contributed by atoms with van der Waals surface area (Å²) in [4.78, 5) is 68.9. The summed E-state index contributed by atoms with van der Waals surface area (Å²) in [6.45, 7) is 6.07. The molecule has 4 N–H and O–H groups in total. The molecule has 1 aliphatic heterocycles. The Balaban J connectivity index is 1.10. The number of aromatic amines is 2. The van der Waals surface area contributed by atoms with E-state index in [0.29, 0.717) is 11.7 Å². The number of nitrogens with one attached hydrogen (secondary N) is 4. The lowest BCUT2D eigenvalue weighted by Crippen LogP contribution is -2.46. The predicted octanol–water partition coefficient (Wildman–Crippen LogP) is 5.27. The fourth-order valence-electron chi connectivity index (χ4n) is 7.22. The molecule has 0 spiro atoms. The smallest absolute Gasteiger partial charge is 0.407 e. The van der Waals surface area contributed by atoms with Crippen molar-refractivity contribution in [1.29, 1.82) is 0 Å². The number of hydrogen-bond donors (Lipinski definition) is 4. The second-order valence-corrected chi connectivity index (χ2v) is 13.7. The zero-order valence-corrected chi connectivity index (χ0v) is 30.1. The molecule has 4 aromatic rings. The Kier molecular flexibility index (Phi) is 10.9. The number of ether oxygens (including phenoxy) is 2. The van der Waals surface area contributed by atoms with E-state index in [2.05, 4.69) is 71.5 Å². The number of aromatic nitrogens is 4. The van der Waals surface area contributed by atoms with Crippen LogP contribution in [0.15, 0.2) is 60.9 Å². The minimum absolute atomic E-state index is 0.0759. The Bertz CT molecular complexity index is 1890. The van der Waals surface area contributed by atoms with E-state index < -0.39 is 12.2 Å². The maximum atomic E-state index is 13.1. The zero-order chi connectivity index (χ0) is 36.9. The maximum Gasteiger partial charge on any atom is 0.407 e. The molecule has 2 fully saturated rings. The first-order chi connectivity index (χ1) is 25.1. The molecule has 4 atom stereocenters. The van der Waals surface area contributed by atoms with Crippen LogP contribution >= 0.6 is 0 Å². The first kappa shape index (κ1) is 36.1. The largest absolute Gasteiger partial charge is 0.453 e. The lowest BCUT2D eigenvalue weighted by atomic mass is 9.98. The number of imidazole rings is 2. The highest BCUT2D eigenvalue weighted by Gasteiger charge is 2.49. The molecule has 2 bridgehead atoms. The molecule has 4 amide bonds. The third-order valence-electron chi connectivity index (χ3n) is 10.3. The van der Waals surface area contributed by atoms with Crippen LogP contribution in [0.4, 0.5) is 9.59 Å². The molecule has 2 aromatic carbocycles. The number of piperidine rings is 1. The van der Waals surface area contributed by atoms with Gasteiger partial charge in [0, 0.05) is 12.1 Å². The Morgan fingerprint density at radius 3 is 1.96 bits per heavy atom. The van der Waals surface area contributed by atoms with Gasteiger partial charge in [-0.3, -0.25) is 9.59 Å². The first-order valence-electron chi connectivity index (χ1n) is 17.6. The third kappa shape index (κ3) is 7.80. The van der Waals surface area contributed by atoms with Gasteiger partial charge < -0.3 is 39.9 Å². The molecule has 0 unspecified atom stereocenters. The summed E-state index contributed by atoms with van der Waals surface area (Å²) >= 11 is 0. The number of likely N-dealkylation sites (tertiary alicyclic amines) is 1. The monoisotopic (exact) mass is 710 g/mol. The molecule has 1 aliphatic carbocycles. The van der Waals surface area contributed by atoms with Gasteiger partial charge >= 0.3 is 12.2 Å². The van der Waals surface area contributed by atoms with Crippen molar-refractivity contribution in [2.45, 2.75) is 64.7 Å². The van der Waals surface area contributed by atoms with Crippen molar-refractivity contribution >= 4 is 24.0 Å². The van der Waals surface area contributed by atoms with Crippen LogP contribution in [-0.4, -0.2) is 93.1 Å². The predicted molar refractivity (Wildman–Crippen MR) is 193 cm³/mol. The number of rotatable bonds is 12. The van der Waals surface area contributed by atoms with E-state index in [9.17, 15) is 19.2 Å². The maximum absolute atomic E-state index is 13.1. The number of carbonyl (C=O) groups excluding carboxylic acids is 4. The normalized spacial score (nSPS) is 18.3. The summed E-state index contributed by atoms with van der Waals surface area (Å²) < 4.78 is 9.23. The summed E-state index contributed by atoms with van der Waals surface area (Å²) in [5.74, 6) is 1.59. The zero-order valence-electron chi connectivity index (χ0n) is 30.1. The van der Waals surface area contributed by atoms with Gasteiger partial charge in [-0.25, -0.2) is 19.6 Å². The van der Waals surface area contributed by atoms with Crippen molar-refractivity contribution in [2.75, 3.05) is 27.3 Å². The number of carbonyl (C=O) groups is 4. The van der Waals surface area contributed by atoms with Crippen LogP contribution in [0.25, 0.3) is 33.6 Å². The summed E-state index contributed by atoms with van der Waals surface area (Å²) in [5.41, 5.74) is 5.76. The number of fused-ring (bicyclic) bond motifs is 2. The molecule has 274 valence electrons. The number of amides is 4. The van der Waals surface area contributed by atoms with Crippen molar-refractivity contribution in [3.05, 3.63) is 72.6 Å². The molecule has 2 aliphatic rings. The molecule has 0 radical (unpaired) electrons. The Labute approximate surface area is 302 Å². The highest BCUT2D eigenvalue weighted by Crippen LogP contribution is 2.49. The van der Waals surface area contributed by atoms with Gasteiger partial charge in [-0.05, 0) is 60.3 Å². The molecule has 1 saturated heterocycles. The van der Waals surface area contributed by atoms with Gasteiger partial charge in [0.2, 0.25) is 11.8 Å². The van der Waals surface area contributed by atoms with Crippen LogP contribution in [0.2, 0.25) is 0 Å². The van der Waals surface area contributed by atoms with Crippen LogP contribution in [-0.2, 0) is 25.6 Å².